The Kier molecular flexibility index (Phi) is 5.12. The summed E-state index contributed by atoms with van der Waals surface area (Å²) < 4.78 is 5.49. The second-order valence-electron chi connectivity index (χ2n) is 3.77. The SMILES string of the molecule is CCCCCOc1ccc([C@@H](C)N)cn1. The van der Waals surface area contributed by atoms with Crippen LogP contribution in [0.2, 0.25) is 0 Å². The maximum absolute atomic E-state index is 5.72. The molecule has 0 unspecified atom stereocenters. The van der Waals surface area contributed by atoms with Crippen molar-refractivity contribution in [3.8, 4) is 5.88 Å². The highest BCUT2D eigenvalue weighted by Crippen LogP contribution is 2.12. The van der Waals surface area contributed by atoms with Crippen LogP contribution < -0.4 is 10.5 Å². The largest absolute Gasteiger partial charge is 0.478 e. The highest BCUT2D eigenvalue weighted by atomic mass is 16.5. The lowest BCUT2D eigenvalue weighted by Crippen LogP contribution is -2.06. The van der Waals surface area contributed by atoms with Crippen LogP contribution in [0, 0.1) is 0 Å². The summed E-state index contributed by atoms with van der Waals surface area (Å²) in [7, 11) is 0. The Morgan fingerprint density at radius 1 is 1.40 bits per heavy atom. The van der Waals surface area contributed by atoms with E-state index in [1.165, 1.54) is 12.8 Å². The molecule has 1 heterocycles. The molecule has 1 rings (SSSR count). The van der Waals surface area contributed by atoms with Crippen molar-refractivity contribution in [1.82, 2.24) is 4.98 Å². The first-order chi connectivity index (χ1) is 7.24. The Labute approximate surface area is 91.7 Å². The molecule has 1 aromatic heterocycles. The van der Waals surface area contributed by atoms with Gasteiger partial charge in [-0.15, -0.1) is 0 Å². The molecule has 0 aliphatic carbocycles. The minimum absolute atomic E-state index is 0.0339. The zero-order chi connectivity index (χ0) is 11.1. The van der Waals surface area contributed by atoms with Crippen LogP contribution in [0.1, 0.15) is 44.7 Å². The van der Waals surface area contributed by atoms with Crippen molar-refractivity contribution in [3.05, 3.63) is 23.9 Å². The third-order valence-corrected chi connectivity index (χ3v) is 2.28. The van der Waals surface area contributed by atoms with E-state index in [0.717, 1.165) is 18.6 Å². The minimum atomic E-state index is 0.0339. The van der Waals surface area contributed by atoms with Crippen molar-refractivity contribution < 1.29 is 4.74 Å². The zero-order valence-corrected chi connectivity index (χ0v) is 9.57. The lowest BCUT2D eigenvalue weighted by Gasteiger charge is -2.07. The summed E-state index contributed by atoms with van der Waals surface area (Å²) in [5.74, 6) is 0.690. The molecule has 0 saturated carbocycles. The first kappa shape index (κ1) is 12.0. The lowest BCUT2D eigenvalue weighted by atomic mass is 10.2. The van der Waals surface area contributed by atoms with Gasteiger partial charge in [-0.05, 0) is 18.9 Å². The average molecular weight is 208 g/mol. The molecule has 1 aromatic rings. The van der Waals surface area contributed by atoms with Crippen LogP contribution in [0.3, 0.4) is 0 Å². The van der Waals surface area contributed by atoms with Crippen LogP contribution >= 0.6 is 0 Å². The number of rotatable bonds is 6. The molecule has 0 spiro atoms. The predicted octanol–water partition coefficient (Wildman–Crippen LogP) is 2.67. The van der Waals surface area contributed by atoms with Crippen LogP contribution in [-0.4, -0.2) is 11.6 Å². The van der Waals surface area contributed by atoms with E-state index in [4.69, 9.17) is 10.5 Å². The van der Waals surface area contributed by atoms with Crippen molar-refractivity contribution >= 4 is 0 Å². The Hall–Kier alpha value is -1.09. The number of aromatic nitrogens is 1. The van der Waals surface area contributed by atoms with E-state index in [0.29, 0.717) is 5.88 Å². The standard InChI is InChI=1S/C12H20N2O/c1-3-4-5-8-15-12-7-6-11(9-14-12)10(2)13/h6-7,9-10H,3-5,8,13H2,1-2H3/t10-/m1/s1. The molecule has 0 aromatic carbocycles. The van der Waals surface area contributed by atoms with Gasteiger partial charge in [0.25, 0.3) is 0 Å². The molecule has 0 radical (unpaired) electrons. The highest BCUT2D eigenvalue weighted by Gasteiger charge is 2.00. The molecule has 0 saturated heterocycles. The van der Waals surface area contributed by atoms with Crippen molar-refractivity contribution in [2.24, 2.45) is 5.73 Å². The van der Waals surface area contributed by atoms with Gasteiger partial charge in [0, 0.05) is 18.3 Å². The number of unbranched alkanes of at least 4 members (excludes halogenated alkanes) is 2. The Balaban J connectivity index is 2.36. The van der Waals surface area contributed by atoms with Crippen LogP contribution in [0.4, 0.5) is 0 Å². The van der Waals surface area contributed by atoms with E-state index < -0.39 is 0 Å². The molecule has 0 amide bonds. The first-order valence-electron chi connectivity index (χ1n) is 5.58. The van der Waals surface area contributed by atoms with Crippen molar-refractivity contribution in [2.45, 2.75) is 39.2 Å². The maximum atomic E-state index is 5.72. The summed E-state index contributed by atoms with van der Waals surface area (Å²) in [6.07, 6.45) is 5.28. The molecule has 0 fully saturated rings. The number of nitrogens with zero attached hydrogens (tertiary/aromatic N) is 1. The molecule has 0 aliphatic rings. The molecular formula is C12H20N2O. The van der Waals surface area contributed by atoms with E-state index in [2.05, 4.69) is 11.9 Å². The number of hydrogen-bond donors (Lipinski definition) is 1. The van der Waals surface area contributed by atoms with Gasteiger partial charge in [-0.1, -0.05) is 25.8 Å². The molecule has 15 heavy (non-hydrogen) atoms. The quantitative estimate of drug-likeness (QED) is 0.731. The lowest BCUT2D eigenvalue weighted by molar-refractivity contribution is 0.295. The smallest absolute Gasteiger partial charge is 0.213 e. The molecule has 3 heteroatoms. The van der Waals surface area contributed by atoms with Crippen molar-refractivity contribution in [2.75, 3.05) is 6.61 Å². The van der Waals surface area contributed by atoms with Gasteiger partial charge in [-0.3, -0.25) is 0 Å². The number of nitrogens with two attached hydrogens (primary N) is 1. The number of hydrogen-bond acceptors (Lipinski definition) is 3. The van der Waals surface area contributed by atoms with E-state index in [1.54, 1.807) is 6.20 Å². The molecular weight excluding hydrogens is 188 g/mol. The van der Waals surface area contributed by atoms with Crippen molar-refractivity contribution in [1.29, 1.82) is 0 Å². The summed E-state index contributed by atoms with van der Waals surface area (Å²) in [5.41, 5.74) is 6.76. The zero-order valence-electron chi connectivity index (χ0n) is 9.57. The molecule has 3 nitrogen and oxygen atoms in total. The van der Waals surface area contributed by atoms with Crippen LogP contribution in [0.5, 0.6) is 5.88 Å². The van der Waals surface area contributed by atoms with Gasteiger partial charge in [0.1, 0.15) is 0 Å². The first-order valence-corrected chi connectivity index (χ1v) is 5.58. The van der Waals surface area contributed by atoms with E-state index in [9.17, 15) is 0 Å². The Morgan fingerprint density at radius 3 is 2.73 bits per heavy atom. The van der Waals surface area contributed by atoms with E-state index in [1.807, 2.05) is 19.1 Å². The fourth-order valence-electron chi connectivity index (χ4n) is 1.28. The van der Waals surface area contributed by atoms with Crippen LogP contribution in [0.15, 0.2) is 18.3 Å². The molecule has 1 atom stereocenters. The van der Waals surface area contributed by atoms with Crippen LogP contribution in [-0.2, 0) is 0 Å². The van der Waals surface area contributed by atoms with Gasteiger partial charge in [0.05, 0.1) is 6.61 Å². The fourth-order valence-corrected chi connectivity index (χ4v) is 1.28. The second kappa shape index (κ2) is 6.40. The summed E-state index contributed by atoms with van der Waals surface area (Å²) >= 11 is 0. The van der Waals surface area contributed by atoms with Crippen molar-refractivity contribution in [3.63, 3.8) is 0 Å². The molecule has 84 valence electrons. The Bertz CT molecular complexity index is 269. The van der Waals surface area contributed by atoms with Gasteiger partial charge < -0.3 is 10.5 Å². The van der Waals surface area contributed by atoms with Gasteiger partial charge in [-0.2, -0.15) is 0 Å². The van der Waals surface area contributed by atoms with Gasteiger partial charge in [-0.25, -0.2) is 4.98 Å². The predicted molar refractivity (Wildman–Crippen MR) is 61.9 cm³/mol. The van der Waals surface area contributed by atoms with Gasteiger partial charge in [0.15, 0.2) is 0 Å². The highest BCUT2D eigenvalue weighted by molar-refractivity contribution is 5.19. The minimum Gasteiger partial charge on any atom is -0.478 e. The second-order valence-corrected chi connectivity index (χ2v) is 3.77. The average Bonchev–Trinajstić information content (AvgIpc) is 2.25. The topological polar surface area (TPSA) is 48.1 Å². The summed E-state index contributed by atoms with van der Waals surface area (Å²) in [6.45, 7) is 4.87. The third-order valence-electron chi connectivity index (χ3n) is 2.28. The summed E-state index contributed by atoms with van der Waals surface area (Å²) in [6, 6.07) is 3.88. The Morgan fingerprint density at radius 2 is 2.20 bits per heavy atom. The third kappa shape index (κ3) is 4.30. The fraction of sp³-hybridized carbons (Fsp3) is 0.583. The number of ether oxygens (including phenoxy) is 1. The molecule has 0 aliphatic heterocycles. The molecule has 2 N–H and O–H groups in total. The monoisotopic (exact) mass is 208 g/mol. The van der Waals surface area contributed by atoms with E-state index in [-0.39, 0.29) is 6.04 Å². The maximum Gasteiger partial charge on any atom is 0.213 e. The number of pyridine rings is 1. The summed E-state index contributed by atoms with van der Waals surface area (Å²) in [5, 5.41) is 0. The molecule has 0 bridgehead atoms. The summed E-state index contributed by atoms with van der Waals surface area (Å²) in [4.78, 5) is 4.20. The van der Waals surface area contributed by atoms with Gasteiger partial charge in [0.2, 0.25) is 5.88 Å². The van der Waals surface area contributed by atoms with Gasteiger partial charge >= 0.3 is 0 Å². The van der Waals surface area contributed by atoms with Crippen LogP contribution in [0.25, 0.3) is 0 Å². The van der Waals surface area contributed by atoms with E-state index >= 15 is 0 Å². The normalized spacial score (nSPS) is 12.5.